The van der Waals surface area contributed by atoms with Crippen molar-refractivity contribution in [1.29, 1.82) is 0 Å². The predicted molar refractivity (Wildman–Crippen MR) is 118 cm³/mol. The van der Waals surface area contributed by atoms with Crippen LogP contribution in [0.15, 0.2) is 28.8 Å². The van der Waals surface area contributed by atoms with E-state index in [9.17, 15) is 4.79 Å². The van der Waals surface area contributed by atoms with Gasteiger partial charge in [0, 0.05) is 44.8 Å². The van der Waals surface area contributed by atoms with Crippen LogP contribution in [0.2, 0.25) is 0 Å². The molecule has 0 N–H and O–H groups in total. The average molecular weight is 428 g/mol. The number of ether oxygens (including phenoxy) is 1. The second kappa shape index (κ2) is 9.78. The van der Waals surface area contributed by atoms with Crippen LogP contribution in [0.5, 0.6) is 5.75 Å². The maximum absolute atomic E-state index is 12.7. The first kappa shape index (κ1) is 21.8. The Kier molecular flexibility index (Phi) is 6.87. The zero-order chi connectivity index (χ0) is 21.8. The molecule has 1 amide bonds. The number of methoxy groups -OCH3 is 1. The predicted octanol–water partition coefficient (Wildman–Crippen LogP) is 2.37. The van der Waals surface area contributed by atoms with Gasteiger partial charge in [0.2, 0.25) is 17.6 Å². The molecule has 2 aromatic rings. The van der Waals surface area contributed by atoms with Crippen LogP contribution in [0.25, 0.3) is 11.4 Å². The molecule has 2 aliphatic heterocycles. The third-order valence-corrected chi connectivity index (χ3v) is 6.22. The van der Waals surface area contributed by atoms with Crippen molar-refractivity contribution in [3.8, 4) is 17.1 Å². The van der Waals surface area contributed by atoms with Gasteiger partial charge in [0.25, 0.3) is 0 Å². The van der Waals surface area contributed by atoms with E-state index in [2.05, 4.69) is 38.7 Å². The van der Waals surface area contributed by atoms with E-state index in [4.69, 9.17) is 9.26 Å². The highest BCUT2D eigenvalue weighted by atomic mass is 16.5. The van der Waals surface area contributed by atoms with Crippen LogP contribution in [0.1, 0.15) is 26.2 Å². The summed E-state index contributed by atoms with van der Waals surface area (Å²) < 4.78 is 10.6. The largest absolute Gasteiger partial charge is 0.497 e. The van der Waals surface area contributed by atoms with E-state index in [0.29, 0.717) is 36.6 Å². The molecule has 1 aromatic heterocycles. The Labute approximate surface area is 184 Å². The summed E-state index contributed by atoms with van der Waals surface area (Å²) in [5.41, 5.74) is 0.903. The molecule has 0 radical (unpaired) electrons. The number of aromatic nitrogens is 2. The van der Waals surface area contributed by atoms with Gasteiger partial charge in [0.15, 0.2) is 0 Å². The van der Waals surface area contributed by atoms with Crippen LogP contribution < -0.4 is 4.74 Å². The minimum atomic E-state index is 0.271. The first-order valence-electron chi connectivity index (χ1n) is 11.2. The molecule has 31 heavy (non-hydrogen) atoms. The van der Waals surface area contributed by atoms with Crippen molar-refractivity contribution in [2.45, 2.75) is 26.8 Å². The van der Waals surface area contributed by atoms with Crippen LogP contribution in [0.4, 0.5) is 0 Å². The number of likely N-dealkylation sites (tertiary alicyclic amines) is 1. The lowest BCUT2D eigenvalue weighted by atomic mass is 9.92. The molecule has 2 saturated heterocycles. The highest BCUT2D eigenvalue weighted by molar-refractivity contribution is 5.78. The number of hydrogen-bond donors (Lipinski definition) is 0. The average Bonchev–Trinajstić information content (AvgIpc) is 3.23. The number of amides is 1. The van der Waals surface area contributed by atoms with Gasteiger partial charge in [-0.25, -0.2) is 0 Å². The number of benzene rings is 1. The summed E-state index contributed by atoms with van der Waals surface area (Å²) in [6.45, 7) is 11.0. The highest BCUT2D eigenvalue weighted by Crippen LogP contribution is 2.22. The zero-order valence-electron chi connectivity index (χ0n) is 18.8. The maximum atomic E-state index is 12.7. The minimum Gasteiger partial charge on any atom is -0.497 e. The van der Waals surface area contributed by atoms with Crippen molar-refractivity contribution in [1.82, 2.24) is 24.8 Å². The SMILES string of the molecule is COc1ccc(-c2noc(CN3CCN(CC(=O)N4C[C@H](C)C[C@@H](C)C4)CC3)n2)cc1. The Morgan fingerprint density at radius 3 is 2.35 bits per heavy atom. The van der Waals surface area contributed by atoms with Gasteiger partial charge in [0.1, 0.15) is 5.75 Å². The second-order valence-electron chi connectivity index (χ2n) is 9.04. The van der Waals surface area contributed by atoms with Gasteiger partial charge in [-0.05, 0) is 42.5 Å². The van der Waals surface area contributed by atoms with E-state index >= 15 is 0 Å². The summed E-state index contributed by atoms with van der Waals surface area (Å²) in [6.07, 6.45) is 1.22. The molecule has 0 spiro atoms. The Bertz CT molecular complexity index is 850. The molecule has 0 saturated carbocycles. The van der Waals surface area contributed by atoms with Gasteiger partial charge in [-0.2, -0.15) is 4.98 Å². The van der Waals surface area contributed by atoms with E-state index in [1.807, 2.05) is 24.3 Å². The molecule has 4 rings (SSSR count). The third-order valence-electron chi connectivity index (χ3n) is 6.22. The van der Waals surface area contributed by atoms with E-state index in [0.717, 1.165) is 50.6 Å². The summed E-state index contributed by atoms with van der Waals surface area (Å²) in [6, 6.07) is 7.62. The van der Waals surface area contributed by atoms with Crippen molar-refractivity contribution >= 4 is 5.91 Å². The summed E-state index contributed by atoms with van der Waals surface area (Å²) >= 11 is 0. The Morgan fingerprint density at radius 1 is 1.06 bits per heavy atom. The topological polar surface area (TPSA) is 74.9 Å². The number of nitrogens with zero attached hydrogens (tertiary/aromatic N) is 5. The van der Waals surface area contributed by atoms with Gasteiger partial charge in [0.05, 0.1) is 20.2 Å². The summed E-state index contributed by atoms with van der Waals surface area (Å²) in [5, 5.41) is 4.11. The fourth-order valence-corrected chi connectivity index (χ4v) is 4.63. The van der Waals surface area contributed by atoms with Crippen molar-refractivity contribution in [3.63, 3.8) is 0 Å². The molecule has 1 aromatic carbocycles. The third kappa shape index (κ3) is 5.62. The van der Waals surface area contributed by atoms with Crippen molar-refractivity contribution < 1.29 is 14.1 Å². The normalized spacial score (nSPS) is 23.1. The molecule has 8 nitrogen and oxygen atoms in total. The number of rotatable bonds is 6. The van der Waals surface area contributed by atoms with Crippen molar-refractivity contribution in [3.05, 3.63) is 30.2 Å². The van der Waals surface area contributed by atoms with Gasteiger partial charge < -0.3 is 14.2 Å². The number of hydrogen-bond acceptors (Lipinski definition) is 7. The van der Waals surface area contributed by atoms with E-state index in [1.165, 1.54) is 6.42 Å². The molecule has 3 heterocycles. The molecule has 0 bridgehead atoms. The Balaban J connectivity index is 1.24. The maximum Gasteiger partial charge on any atom is 0.241 e. The van der Waals surface area contributed by atoms with E-state index in [1.54, 1.807) is 7.11 Å². The zero-order valence-corrected chi connectivity index (χ0v) is 18.8. The smallest absolute Gasteiger partial charge is 0.241 e. The number of carbonyl (C=O) groups is 1. The highest BCUT2D eigenvalue weighted by Gasteiger charge is 2.27. The summed E-state index contributed by atoms with van der Waals surface area (Å²) in [4.78, 5) is 23.9. The quantitative estimate of drug-likeness (QED) is 0.701. The summed E-state index contributed by atoms with van der Waals surface area (Å²) in [5.74, 6) is 3.48. The molecule has 8 heteroatoms. The van der Waals surface area contributed by atoms with Gasteiger partial charge in [-0.15, -0.1) is 0 Å². The van der Waals surface area contributed by atoms with E-state index < -0.39 is 0 Å². The van der Waals surface area contributed by atoms with Crippen LogP contribution >= 0.6 is 0 Å². The Morgan fingerprint density at radius 2 is 1.71 bits per heavy atom. The molecular weight excluding hydrogens is 394 g/mol. The van der Waals surface area contributed by atoms with Crippen LogP contribution in [0, 0.1) is 11.8 Å². The number of carbonyl (C=O) groups excluding carboxylic acids is 1. The molecular formula is C23H33N5O3. The Hall–Kier alpha value is -2.45. The summed E-state index contributed by atoms with van der Waals surface area (Å²) in [7, 11) is 1.64. The molecule has 168 valence electrons. The van der Waals surface area contributed by atoms with Crippen molar-refractivity contribution in [2.75, 3.05) is 52.9 Å². The van der Waals surface area contributed by atoms with Crippen LogP contribution in [-0.2, 0) is 11.3 Å². The lowest BCUT2D eigenvalue weighted by Gasteiger charge is -2.38. The molecule has 0 unspecified atom stereocenters. The van der Waals surface area contributed by atoms with Gasteiger partial charge in [-0.1, -0.05) is 19.0 Å². The number of piperidine rings is 1. The fourth-order valence-electron chi connectivity index (χ4n) is 4.63. The molecule has 2 fully saturated rings. The minimum absolute atomic E-state index is 0.271. The molecule has 2 atom stereocenters. The lowest BCUT2D eigenvalue weighted by Crippen LogP contribution is -2.51. The monoisotopic (exact) mass is 427 g/mol. The first-order valence-corrected chi connectivity index (χ1v) is 11.2. The molecule has 0 aliphatic carbocycles. The van der Waals surface area contributed by atoms with Crippen LogP contribution in [-0.4, -0.2) is 83.7 Å². The van der Waals surface area contributed by atoms with Gasteiger partial charge >= 0.3 is 0 Å². The lowest BCUT2D eigenvalue weighted by molar-refractivity contribution is -0.135. The standard InChI is InChI=1S/C23H33N5O3/c1-17-12-18(2)14-28(13-17)22(29)16-27-10-8-26(9-11-27)15-21-24-23(25-31-21)19-4-6-20(30-3)7-5-19/h4-7,17-18H,8-16H2,1-3H3/t17-,18-/m1/s1. The van der Waals surface area contributed by atoms with Crippen LogP contribution in [0.3, 0.4) is 0 Å². The number of piperazine rings is 1. The van der Waals surface area contributed by atoms with E-state index in [-0.39, 0.29) is 5.91 Å². The first-order chi connectivity index (χ1) is 15.0. The molecule has 2 aliphatic rings. The van der Waals surface area contributed by atoms with Crippen molar-refractivity contribution in [2.24, 2.45) is 11.8 Å². The van der Waals surface area contributed by atoms with Gasteiger partial charge in [-0.3, -0.25) is 14.6 Å². The second-order valence-corrected chi connectivity index (χ2v) is 9.04. The fraction of sp³-hybridized carbons (Fsp3) is 0.609.